The molecule has 0 bridgehead atoms. The van der Waals surface area contributed by atoms with E-state index in [4.69, 9.17) is 21.6 Å². The molecule has 1 amide bonds. The van der Waals surface area contributed by atoms with Crippen molar-refractivity contribution in [1.82, 2.24) is 9.80 Å². The van der Waals surface area contributed by atoms with Crippen LogP contribution in [-0.4, -0.2) is 55.5 Å². The van der Waals surface area contributed by atoms with Crippen molar-refractivity contribution in [2.45, 2.75) is 0 Å². The van der Waals surface area contributed by atoms with Crippen molar-refractivity contribution in [2.75, 3.05) is 39.8 Å². The predicted octanol–water partition coefficient (Wildman–Crippen LogP) is 1.63. The highest BCUT2D eigenvalue weighted by atomic mass is 35.5. The molecular weight excluding hydrogens is 278 g/mol. The van der Waals surface area contributed by atoms with Crippen LogP contribution in [0.3, 0.4) is 0 Å². The van der Waals surface area contributed by atoms with E-state index < -0.39 is 0 Å². The molecule has 6 heteroatoms. The number of benzene rings is 1. The van der Waals surface area contributed by atoms with Gasteiger partial charge in [0.2, 0.25) is 0 Å². The summed E-state index contributed by atoms with van der Waals surface area (Å²) < 4.78 is 5.21. The number of nitrogens with zero attached hydrogens (tertiary/aromatic N) is 3. The Labute approximate surface area is 123 Å². The molecule has 0 aromatic heterocycles. The summed E-state index contributed by atoms with van der Waals surface area (Å²) in [5.41, 5.74) is 0.480. The van der Waals surface area contributed by atoms with E-state index in [-0.39, 0.29) is 5.91 Å². The molecule has 1 saturated heterocycles. The topological polar surface area (TPSA) is 56.6 Å². The Morgan fingerprint density at radius 2 is 2.10 bits per heavy atom. The molecule has 0 radical (unpaired) electrons. The first kappa shape index (κ1) is 14.6. The van der Waals surface area contributed by atoms with Crippen molar-refractivity contribution in [3.05, 3.63) is 28.8 Å². The van der Waals surface area contributed by atoms with Crippen molar-refractivity contribution in [2.24, 2.45) is 0 Å². The zero-order chi connectivity index (χ0) is 14.5. The van der Waals surface area contributed by atoms with Crippen LogP contribution in [0, 0.1) is 11.3 Å². The lowest BCUT2D eigenvalue weighted by Gasteiger charge is -2.33. The predicted molar refractivity (Wildman–Crippen MR) is 76.0 cm³/mol. The number of ether oxygens (including phenoxy) is 1. The van der Waals surface area contributed by atoms with Gasteiger partial charge in [-0.15, -0.1) is 0 Å². The quantitative estimate of drug-likeness (QED) is 0.795. The number of hydrogen-bond donors (Lipinski definition) is 0. The number of carbonyl (C=O) groups excluding carboxylic acids is 1. The molecule has 0 unspecified atom stereocenters. The Morgan fingerprint density at radius 3 is 2.70 bits per heavy atom. The van der Waals surface area contributed by atoms with Gasteiger partial charge in [0.15, 0.2) is 0 Å². The fourth-order valence-corrected chi connectivity index (χ4v) is 2.40. The SMILES string of the molecule is COc1ccc(Cl)cc1C(=O)N1CCN(CC#N)CC1. The van der Waals surface area contributed by atoms with Crippen LogP contribution >= 0.6 is 11.6 Å². The lowest BCUT2D eigenvalue weighted by atomic mass is 10.1. The summed E-state index contributed by atoms with van der Waals surface area (Å²) in [5.74, 6) is 0.444. The molecule has 0 N–H and O–H groups in total. The molecule has 1 heterocycles. The molecule has 1 aliphatic heterocycles. The molecule has 0 saturated carbocycles. The van der Waals surface area contributed by atoms with E-state index in [0.29, 0.717) is 49.1 Å². The van der Waals surface area contributed by atoms with Gasteiger partial charge >= 0.3 is 0 Å². The number of amides is 1. The van der Waals surface area contributed by atoms with Gasteiger partial charge < -0.3 is 9.64 Å². The smallest absolute Gasteiger partial charge is 0.257 e. The summed E-state index contributed by atoms with van der Waals surface area (Å²) in [6.45, 7) is 3.04. The maximum atomic E-state index is 12.5. The second-order valence-corrected chi connectivity index (χ2v) is 5.01. The van der Waals surface area contributed by atoms with Gasteiger partial charge in [-0.05, 0) is 18.2 Å². The van der Waals surface area contributed by atoms with Crippen LogP contribution in [0.15, 0.2) is 18.2 Å². The summed E-state index contributed by atoms with van der Waals surface area (Å²) >= 11 is 5.95. The number of rotatable bonds is 3. The molecule has 5 nitrogen and oxygen atoms in total. The fourth-order valence-electron chi connectivity index (χ4n) is 2.23. The zero-order valence-electron chi connectivity index (χ0n) is 11.3. The third-order valence-corrected chi connectivity index (χ3v) is 3.58. The number of nitriles is 1. The van der Waals surface area contributed by atoms with Crippen molar-refractivity contribution in [3.63, 3.8) is 0 Å². The lowest BCUT2D eigenvalue weighted by molar-refractivity contribution is 0.0648. The third-order valence-electron chi connectivity index (χ3n) is 3.35. The van der Waals surface area contributed by atoms with Crippen LogP contribution in [0.5, 0.6) is 5.75 Å². The zero-order valence-corrected chi connectivity index (χ0v) is 12.1. The first-order valence-corrected chi connectivity index (χ1v) is 6.75. The average molecular weight is 294 g/mol. The Bertz CT molecular complexity index is 534. The molecular formula is C14H16ClN3O2. The van der Waals surface area contributed by atoms with E-state index in [1.807, 2.05) is 4.90 Å². The van der Waals surface area contributed by atoms with Crippen molar-refractivity contribution in [1.29, 1.82) is 5.26 Å². The van der Waals surface area contributed by atoms with Gasteiger partial charge in [-0.3, -0.25) is 9.69 Å². The lowest BCUT2D eigenvalue weighted by Crippen LogP contribution is -2.48. The maximum absolute atomic E-state index is 12.5. The van der Waals surface area contributed by atoms with Gasteiger partial charge in [0.05, 0.1) is 25.3 Å². The number of methoxy groups -OCH3 is 1. The van der Waals surface area contributed by atoms with Crippen LogP contribution in [0.1, 0.15) is 10.4 Å². The number of halogens is 1. The summed E-state index contributed by atoms with van der Waals surface area (Å²) in [6, 6.07) is 7.15. The molecule has 1 aromatic rings. The second-order valence-electron chi connectivity index (χ2n) is 4.57. The Balaban J connectivity index is 2.09. The van der Waals surface area contributed by atoms with Crippen molar-refractivity contribution < 1.29 is 9.53 Å². The van der Waals surface area contributed by atoms with Crippen LogP contribution < -0.4 is 4.74 Å². The fraction of sp³-hybridized carbons (Fsp3) is 0.429. The number of carbonyl (C=O) groups is 1. The van der Waals surface area contributed by atoms with Gasteiger partial charge in [0.1, 0.15) is 5.75 Å². The van der Waals surface area contributed by atoms with Gasteiger partial charge in [-0.2, -0.15) is 5.26 Å². The molecule has 1 fully saturated rings. The van der Waals surface area contributed by atoms with E-state index in [2.05, 4.69) is 6.07 Å². The van der Waals surface area contributed by atoms with Crippen LogP contribution in [0.4, 0.5) is 0 Å². The van der Waals surface area contributed by atoms with E-state index in [1.54, 1.807) is 23.1 Å². The largest absolute Gasteiger partial charge is 0.496 e. The van der Waals surface area contributed by atoms with Gasteiger partial charge in [0.25, 0.3) is 5.91 Å². The molecule has 0 spiro atoms. The minimum Gasteiger partial charge on any atom is -0.496 e. The maximum Gasteiger partial charge on any atom is 0.257 e. The summed E-state index contributed by atoms with van der Waals surface area (Å²) in [7, 11) is 1.53. The summed E-state index contributed by atoms with van der Waals surface area (Å²) in [4.78, 5) is 16.3. The minimum atomic E-state index is -0.0824. The second kappa shape index (κ2) is 6.60. The van der Waals surface area contributed by atoms with E-state index in [1.165, 1.54) is 7.11 Å². The van der Waals surface area contributed by atoms with Crippen LogP contribution in [0.25, 0.3) is 0 Å². The number of hydrogen-bond acceptors (Lipinski definition) is 4. The van der Waals surface area contributed by atoms with E-state index in [0.717, 1.165) is 0 Å². The number of piperazine rings is 1. The molecule has 1 aromatic carbocycles. The molecule has 0 atom stereocenters. The molecule has 0 aliphatic carbocycles. The Kier molecular flexibility index (Phi) is 4.83. The van der Waals surface area contributed by atoms with Crippen molar-refractivity contribution >= 4 is 17.5 Å². The highest BCUT2D eigenvalue weighted by Gasteiger charge is 2.24. The van der Waals surface area contributed by atoms with E-state index in [9.17, 15) is 4.79 Å². The third kappa shape index (κ3) is 3.21. The molecule has 20 heavy (non-hydrogen) atoms. The van der Waals surface area contributed by atoms with Crippen molar-refractivity contribution in [3.8, 4) is 11.8 Å². The molecule has 2 rings (SSSR count). The van der Waals surface area contributed by atoms with E-state index >= 15 is 0 Å². The molecule has 106 valence electrons. The highest BCUT2D eigenvalue weighted by molar-refractivity contribution is 6.31. The average Bonchev–Trinajstić information content (AvgIpc) is 2.47. The van der Waals surface area contributed by atoms with Crippen LogP contribution in [0.2, 0.25) is 5.02 Å². The summed E-state index contributed by atoms with van der Waals surface area (Å²) in [5, 5.41) is 9.18. The first-order valence-electron chi connectivity index (χ1n) is 6.38. The molecule has 1 aliphatic rings. The Hall–Kier alpha value is -1.77. The standard InChI is InChI=1S/C14H16ClN3O2/c1-20-13-3-2-11(15)10-12(13)14(19)18-8-6-17(5-4-16)7-9-18/h2-3,10H,5-9H2,1H3. The minimum absolute atomic E-state index is 0.0824. The van der Waals surface area contributed by atoms with Gasteiger partial charge in [-0.1, -0.05) is 11.6 Å². The van der Waals surface area contributed by atoms with Gasteiger partial charge in [-0.25, -0.2) is 0 Å². The van der Waals surface area contributed by atoms with Crippen LogP contribution in [-0.2, 0) is 0 Å². The monoisotopic (exact) mass is 293 g/mol. The highest BCUT2D eigenvalue weighted by Crippen LogP contribution is 2.24. The Morgan fingerprint density at radius 1 is 1.40 bits per heavy atom. The summed E-state index contributed by atoms with van der Waals surface area (Å²) in [6.07, 6.45) is 0. The normalized spacial score (nSPS) is 15.8. The first-order chi connectivity index (χ1) is 9.65. The van der Waals surface area contributed by atoms with Gasteiger partial charge in [0, 0.05) is 31.2 Å².